The molecule has 2 N–H and O–H groups in total. The smallest absolute Gasteiger partial charge is 0.328 e. The first-order valence-corrected chi connectivity index (χ1v) is 7.16. The van der Waals surface area contributed by atoms with Crippen LogP contribution in [-0.4, -0.2) is 15.7 Å². The van der Waals surface area contributed by atoms with Gasteiger partial charge in [0, 0.05) is 14.1 Å². The summed E-state index contributed by atoms with van der Waals surface area (Å²) in [5.41, 5.74) is 8.89. The number of ether oxygens (including phenoxy) is 1. The molecular formula is C17H19N3O2. The maximum absolute atomic E-state index is 11.9. The minimum absolute atomic E-state index is 0.0405. The van der Waals surface area contributed by atoms with E-state index in [2.05, 4.69) is 0 Å². The molecule has 114 valence electrons. The Hall–Kier alpha value is -2.53. The van der Waals surface area contributed by atoms with Crippen LogP contribution in [0.1, 0.15) is 11.6 Å². The molecule has 0 aliphatic rings. The second-order valence-electron chi connectivity index (χ2n) is 5.38. The number of hydrogen-bond acceptors (Lipinski definition) is 3. The van der Waals surface area contributed by atoms with Gasteiger partial charge in [-0.25, -0.2) is 4.79 Å². The summed E-state index contributed by atoms with van der Waals surface area (Å²) in [5.74, 6) is 0.797. The molecule has 0 spiro atoms. The molecule has 1 heterocycles. The van der Waals surface area contributed by atoms with E-state index in [9.17, 15) is 4.79 Å². The first-order chi connectivity index (χ1) is 10.6. The molecule has 1 unspecified atom stereocenters. The molecule has 0 aliphatic carbocycles. The molecule has 0 aliphatic heterocycles. The quantitative estimate of drug-likeness (QED) is 0.800. The highest BCUT2D eigenvalue weighted by atomic mass is 16.5. The molecular weight excluding hydrogens is 278 g/mol. The van der Waals surface area contributed by atoms with Crippen molar-refractivity contribution in [3.8, 4) is 5.75 Å². The fourth-order valence-corrected chi connectivity index (χ4v) is 2.55. The fourth-order valence-electron chi connectivity index (χ4n) is 2.55. The van der Waals surface area contributed by atoms with Crippen LogP contribution in [0.2, 0.25) is 0 Å². The first kappa shape index (κ1) is 14.4. The monoisotopic (exact) mass is 297 g/mol. The molecule has 3 aromatic rings. The molecule has 1 atom stereocenters. The van der Waals surface area contributed by atoms with Crippen LogP contribution in [0.4, 0.5) is 0 Å². The fraction of sp³-hybridized carbons (Fsp3) is 0.235. The highest BCUT2D eigenvalue weighted by molar-refractivity contribution is 5.77. The number of fused-ring (bicyclic) bond motifs is 1. The molecule has 2 aromatic carbocycles. The lowest BCUT2D eigenvalue weighted by Gasteiger charge is -2.14. The summed E-state index contributed by atoms with van der Waals surface area (Å²) in [6, 6.07) is 15.2. The zero-order valence-corrected chi connectivity index (χ0v) is 12.7. The molecule has 0 radical (unpaired) electrons. The van der Waals surface area contributed by atoms with Gasteiger partial charge in [-0.2, -0.15) is 0 Å². The van der Waals surface area contributed by atoms with Crippen molar-refractivity contribution in [3.63, 3.8) is 0 Å². The van der Waals surface area contributed by atoms with Crippen molar-refractivity contribution in [2.75, 3.05) is 6.61 Å². The Kier molecular flexibility index (Phi) is 3.73. The van der Waals surface area contributed by atoms with E-state index in [0.29, 0.717) is 6.61 Å². The Morgan fingerprint density at radius 1 is 1.05 bits per heavy atom. The Morgan fingerprint density at radius 3 is 2.45 bits per heavy atom. The van der Waals surface area contributed by atoms with Crippen LogP contribution in [0, 0.1) is 0 Å². The Bertz CT molecular complexity index is 849. The normalized spacial score (nSPS) is 12.5. The summed E-state index contributed by atoms with van der Waals surface area (Å²) < 4.78 is 8.95. The van der Waals surface area contributed by atoms with Crippen molar-refractivity contribution in [1.29, 1.82) is 0 Å². The molecule has 22 heavy (non-hydrogen) atoms. The molecule has 3 rings (SSSR count). The van der Waals surface area contributed by atoms with Gasteiger partial charge in [-0.3, -0.25) is 9.13 Å². The minimum atomic E-state index is -0.250. The Labute approximate surface area is 128 Å². The Morgan fingerprint density at radius 2 is 1.73 bits per heavy atom. The van der Waals surface area contributed by atoms with Gasteiger partial charge in [0.05, 0.1) is 17.1 Å². The van der Waals surface area contributed by atoms with Gasteiger partial charge in [-0.15, -0.1) is 0 Å². The van der Waals surface area contributed by atoms with Gasteiger partial charge in [-0.1, -0.05) is 24.3 Å². The molecule has 0 saturated heterocycles. The number of nitrogens with zero attached hydrogens (tertiary/aromatic N) is 2. The number of imidazole rings is 1. The number of aromatic nitrogens is 2. The van der Waals surface area contributed by atoms with E-state index in [4.69, 9.17) is 10.5 Å². The van der Waals surface area contributed by atoms with Crippen LogP contribution in [0.25, 0.3) is 11.0 Å². The third-order valence-electron chi connectivity index (χ3n) is 3.90. The average molecular weight is 297 g/mol. The van der Waals surface area contributed by atoms with Crippen LogP contribution >= 0.6 is 0 Å². The van der Waals surface area contributed by atoms with E-state index in [-0.39, 0.29) is 11.7 Å². The average Bonchev–Trinajstić information content (AvgIpc) is 2.78. The van der Waals surface area contributed by atoms with E-state index >= 15 is 0 Å². The number of benzene rings is 2. The summed E-state index contributed by atoms with van der Waals surface area (Å²) >= 11 is 0. The highest BCUT2D eigenvalue weighted by Crippen LogP contribution is 2.19. The zero-order chi connectivity index (χ0) is 15.7. The number of nitrogens with two attached hydrogens (primary N) is 1. The summed E-state index contributed by atoms with van der Waals surface area (Å²) in [4.78, 5) is 11.9. The SMILES string of the molecule is Cn1c(=O)n(C)c2cc(C(N)COc3ccccc3)ccc21. The lowest BCUT2D eigenvalue weighted by atomic mass is 10.1. The molecule has 0 amide bonds. The van der Waals surface area contributed by atoms with E-state index in [1.807, 2.05) is 48.5 Å². The summed E-state index contributed by atoms with van der Waals surface area (Å²) in [7, 11) is 3.53. The van der Waals surface area contributed by atoms with Crippen molar-refractivity contribution in [3.05, 3.63) is 64.6 Å². The number of para-hydroxylation sites is 1. The summed E-state index contributed by atoms with van der Waals surface area (Å²) in [5, 5.41) is 0. The predicted molar refractivity (Wildman–Crippen MR) is 87.0 cm³/mol. The number of hydrogen-bond donors (Lipinski definition) is 1. The third-order valence-corrected chi connectivity index (χ3v) is 3.90. The van der Waals surface area contributed by atoms with E-state index < -0.39 is 0 Å². The van der Waals surface area contributed by atoms with Crippen LogP contribution in [-0.2, 0) is 14.1 Å². The van der Waals surface area contributed by atoms with Crippen molar-refractivity contribution in [2.45, 2.75) is 6.04 Å². The largest absolute Gasteiger partial charge is 0.492 e. The molecule has 5 nitrogen and oxygen atoms in total. The van der Waals surface area contributed by atoms with Gasteiger partial charge in [0.2, 0.25) is 0 Å². The van der Waals surface area contributed by atoms with Crippen molar-refractivity contribution in [2.24, 2.45) is 19.8 Å². The van der Waals surface area contributed by atoms with Crippen LogP contribution in [0.15, 0.2) is 53.3 Å². The second-order valence-corrected chi connectivity index (χ2v) is 5.38. The molecule has 1 aromatic heterocycles. The number of aryl methyl sites for hydroxylation is 2. The van der Waals surface area contributed by atoms with E-state index in [0.717, 1.165) is 22.3 Å². The highest BCUT2D eigenvalue weighted by Gasteiger charge is 2.12. The topological polar surface area (TPSA) is 62.2 Å². The molecule has 0 saturated carbocycles. The molecule has 5 heteroatoms. The van der Waals surface area contributed by atoms with Crippen molar-refractivity contribution >= 4 is 11.0 Å². The van der Waals surface area contributed by atoms with Gasteiger partial charge >= 0.3 is 5.69 Å². The first-order valence-electron chi connectivity index (χ1n) is 7.16. The van der Waals surface area contributed by atoms with Gasteiger partial charge in [0.25, 0.3) is 0 Å². The maximum atomic E-state index is 11.9. The van der Waals surface area contributed by atoms with Crippen molar-refractivity contribution < 1.29 is 4.74 Å². The lowest BCUT2D eigenvalue weighted by Crippen LogP contribution is -2.19. The van der Waals surface area contributed by atoms with Crippen LogP contribution < -0.4 is 16.2 Å². The van der Waals surface area contributed by atoms with Gasteiger partial charge in [0.1, 0.15) is 12.4 Å². The predicted octanol–water partition coefficient (Wildman–Crippen LogP) is 1.96. The van der Waals surface area contributed by atoms with Gasteiger partial charge < -0.3 is 10.5 Å². The van der Waals surface area contributed by atoms with Gasteiger partial charge in [-0.05, 0) is 29.8 Å². The van der Waals surface area contributed by atoms with E-state index in [1.54, 1.807) is 23.2 Å². The minimum Gasteiger partial charge on any atom is -0.492 e. The summed E-state index contributed by atoms with van der Waals surface area (Å²) in [6.45, 7) is 0.385. The van der Waals surface area contributed by atoms with E-state index in [1.165, 1.54) is 0 Å². The van der Waals surface area contributed by atoms with Crippen molar-refractivity contribution in [1.82, 2.24) is 9.13 Å². The van der Waals surface area contributed by atoms with Gasteiger partial charge in [0.15, 0.2) is 0 Å². The maximum Gasteiger partial charge on any atom is 0.328 e. The van der Waals surface area contributed by atoms with Crippen LogP contribution in [0.5, 0.6) is 5.75 Å². The lowest BCUT2D eigenvalue weighted by molar-refractivity contribution is 0.291. The standard InChI is InChI=1S/C17H19N3O2/c1-19-15-9-8-12(10-16(15)20(2)17(19)21)14(18)11-22-13-6-4-3-5-7-13/h3-10,14H,11,18H2,1-2H3. The summed E-state index contributed by atoms with van der Waals surface area (Å²) in [6.07, 6.45) is 0. The Balaban J connectivity index is 1.84. The zero-order valence-electron chi connectivity index (χ0n) is 12.7. The third kappa shape index (κ3) is 2.51. The second kappa shape index (κ2) is 5.69. The molecule has 0 bridgehead atoms. The number of rotatable bonds is 4. The van der Waals surface area contributed by atoms with Crippen LogP contribution in [0.3, 0.4) is 0 Å². The molecule has 0 fully saturated rings.